The van der Waals surface area contributed by atoms with Crippen molar-refractivity contribution < 1.29 is 4.74 Å². The third-order valence-corrected chi connectivity index (χ3v) is 5.98. The Bertz CT molecular complexity index is 255. The van der Waals surface area contributed by atoms with Gasteiger partial charge >= 0.3 is 0 Å². The zero-order chi connectivity index (χ0) is 12.5. The van der Waals surface area contributed by atoms with Crippen LogP contribution in [0.1, 0.15) is 65.7 Å². The van der Waals surface area contributed by atoms with Crippen molar-refractivity contribution in [3.05, 3.63) is 0 Å². The van der Waals surface area contributed by atoms with E-state index in [1.54, 1.807) is 0 Å². The molecule has 0 radical (unpaired) electrons. The second kappa shape index (κ2) is 5.48. The Hall–Kier alpha value is 0.250. The molecule has 0 N–H and O–H groups in total. The van der Waals surface area contributed by atoms with Crippen LogP contribution in [0.5, 0.6) is 0 Å². The van der Waals surface area contributed by atoms with E-state index >= 15 is 0 Å². The topological polar surface area (TPSA) is 9.23 Å². The predicted octanol–water partition coefficient (Wildman–Crippen LogP) is 4.77. The molecule has 0 aromatic carbocycles. The molecule has 0 heterocycles. The first-order valence-corrected chi connectivity index (χ1v) is 7.83. The van der Waals surface area contributed by atoms with Gasteiger partial charge in [0.1, 0.15) is 0 Å². The highest BCUT2D eigenvalue weighted by molar-refractivity contribution is 6.21. The Kier molecular flexibility index (Phi) is 4.41. The van der Waals surface area contributed by atoms with Crippen LogP contribution in [0.4, 0.5) is 0 Å². The molecular weight excluding hydrogens is 232 g/mol. The second-order valence-corrected chi connectivity index (χ2v) is 6.78. The molecule has 0 bridgehead atoms. The van der Waals surface area contributed by atoms with Crippen LogP contribution in [0.15, 0.2) is 0 Å². The van der Waals surface area contributed by atoms with E-state index in [1.165, 1.54) is 32.1 Å². The molecule has 0 amide bonds. The Morgan fingerprint density at radius 1 is 1.24 bits per heavy atom. The lowest BCUT2D eigenvalue weighted by atomic mass is 9.65. The summed E-state index contributed by atoms with van der Waals surface area (Å²) < 4.78 is 6.35. The number of hydrogen-bond acceptors (Lipinski definition) is 1. The van der Waals surface area contributed by atoms with Gasteiger partial charge in [-0.05, 0) is 31.6 Å². The molecule has 2 rings (SSSR count). The summed E-state index contributed by atoms with van der Waals surface area (Å²) in [5.41, 5.74) is 0.223. The highest BCUT2D eigenvalue weighted by Crippen LogP contribution is 2.50. The Morgan fingerprint density at radius 3 is 2.59 bits per heavy atom. The monoisotopic (exact) mass is 258 g/mol. The summed E-state index contributed by atoms with van der Waals surface area (Å²) in [7, 11) is 0. The lowest BCUT2D eigenvalue weighted by Crippen LogP contribution is -2.54. The second-order valence-electron chi connectivity index (χ2n) is 6.25. The van der Waals surface area contributed by atoms with Crippen LogP contribution in [0.25, 0.3) is 0 Å². The fourth-order valence-electron chi connectivity index (χ4n) is 3.40. The molecule has 0 aliphatic heterocycles. The van der Waals surface area contributed by atoms with Gasteiger partial charge in [-0.1, -0.05) is 40.0 Å². The minimum atomic E-state index is 0.223. The van der Waals surface area contributed by atoms with Crippen molar-refractivity contribution in [2.75, 3.05) is 0 Å². The molecule has 1 nitrogen and oxygen atoms in total. The molecular formula is C15H27ClO. The molecule has 0 spiro atoms. The standard InChI is InChI=1S/C15H27ClO/c1-4-11-7-6-8-12(9-11)17-14-10-13(16)15(14,3)5-2/h11-14H,4-10H2,1-3H3. The van der Waals surface area contributed by atoms with Gasteiger partial charge in [0.05, 0.1) is 12.2 Å². The summed E-state index contributed by atoms with van der Waals surface area (Å²) in [6.07, 6.45) is 9.72. The van der Waals surface area contributed by atoms with Crippen LogP contribution in [-0.2, 0) is 4.74 Å². The predicted molar refractivity (Wildman–Crippen MR) is 73.6 cm³/mol. The lowest BCUT2D eigenvalue weighted by molar-refractivity contribution is -0.145. The average Bonchev–Trinajstić information content (AvgIpc) is 2.37. The minimum absolute atomic E-state index is 0.223. The van der Waals surface area contributed by atoms with Gasteiger partial charge in [0.15, 0.2) is 0 Å². The van der Waals surface area contributed by atoms with Crippen molar-refractivity contribution in [3.63, 3.8) is 0 Å². The fourth-order valence-corrected chi connectivity index (χ4v) is 3.85. The van der Waals surface area contributed by atoms with Gasteiger partial charge < -0.3 is 4.74 Å². The number of hydrogen-bond donors (Lipinski definition) is 0. The SMILES string of the molecule is CCC1CCCC(OC2CC(Cl)C2(C)CC)C1. The summed E-state index contributed by atoms with van der Waals surface area (Å²) in [5, 5.41) is 0.322. The van der Waals surface area contributed by atoms with Crippen molar-refractivity contribution in [2.24, 2.45) is 11.3 Å². The summed E-state index contributed by atoms with van der Waals surface area (Å²) in [6.45, 7) is 6.83. The summed E-state index contributed by atoms with van der Waals surface area (Å²) >= 11 is 6.34. The summed E-state index contributed by atoms with van der Waals surface area (Å²) in [5.74, 6) is 0.897. The molecule has 2 heteroatoms. The molecule has 5 atom stereocenters. The van der Waals surface area contributed by atoms with Gasteiger partial charge in [-0.3, -0.25) is 0 Å². The number of alkyl halides is 1. The Labute approximate surface area is 111 Å². The first-order chi connectivity index (χ1) is 8.10. The first-order valence-electron chi connectivity index (χ1n) is 7.39. The van der Waals surface area contributed by atoms with E-state index in [9.17, 15) is 0 Å². The molecule has 2 aliphatic rings. The number of ether oxygens (including phenoxy) is 1. The molecule has 2 aliphatic carbocycles. The summed E-state index contributed by atoms with van der Waals surface area (Å²) in [4.78, 5) is 0. The molecule has 100 valence electrons. The third kappa shape index (κ3) is 2.66. The maximum atomic E-state index is 6.35. The van der Waals surface area contributed by atoms with Gasteiger partial charge in [0.25, 0.3) is 0 Å². The van der Waals surface area contributed by atoms with E-state index in [2.05, 4.69) is 20.8 Å². The molecule has 0 aromatic heterocycles. The molecule has 0 aromatic rings. The molecule has 2 saturated carbocycles. The largest absolute Gasteiger partial charge is 0.374 e. The molecule has 0 saturated heterocycles. The molecule has 5 unspecified atom stereocenters. The van der Waals surface area contributed by atoms with E-state index in [0.29, 0.717) is 17.6 Å². The van der Waals surface area contributed by atoms with Crippen molar-refractivity contribution >= 4 is 11.6 Å². The number of rotatable bonds is 4. The van der Waals surface area contributed by atoms with Gasteiger partial charge in [-0.25, -0.2) is 0 Å². The highest BCUT2D eigenvalue weighted by Gasteiger charge is 2.51. The fraction of sp³-hybridized carbons (Fsp3) is 1.00. The maximum Gasteiger partial charge on any atom is 0.0660 e. The maximum absolute atomic E-state index is 6.35. The number of halogens is 1. The molecule has 17 heavy (non-hydrogen) atoms. The average molecular weight is 259 g/mol. The van der Waals surface area contributed by atoms with Crippen LogP contribution in [0.3, 0.4) is 0 Å². The van der Waals surface area contributed by atoms with E-state index in [4.69, 9.17) is 16.3 Å². The Morgan fingerprint density at radius 2 is 2.00 bits per heavy atom. The van der Waals surface area contributed by atoms with E-state index in [0.717, 1.165) is 18.8 Å². The van der Waals surface area contributed by atoms with Crippen LogP contribution >= 0.6 is 11.6 Å². The minimum Gasteiger partial charge on any atom is -0.374 e. The molecule has 2 fully saturated rings. The van der Waals surface area contributed by atoms with E-state index in [-0.39, 0.29) is 5.41 Å². The quantitative estimate of drug-likeness (QED) is 0.660. The van der Waals surface area contributed by atoms with Gasteiger partial charge in [-0.15, -0.1) is 11.6 Å². The van der Waals surface area contributed by atoms with Crippen molar-refractivity contribution in [1.82, 2.24) is 0 Å². The lowest BCUT2D eigenvalue weighted by Gasteiger charge is -2.52. The van der Waals surface area contributed by atoms with Crippen LogP contribution < -0.4 is 0 Å². The Balaban J connectivity index is 1.85. The third-order valence-electron chi connectivity index (χ3n) is 5.30. The van der Waals surface area contributed by atoms with Gasteiger partial charge in [-0.2, -0.15) is 0 Å². The van der Waals surface area contributed by atoms with Crippen LogP contribution in [0.2, 0.25) is 0 Å². The van der Waals surface area contributed by atoms with Gasteiger partial charge in [0, 0.05) is 10.8 Å². The van der Waals surface area contributed by atoms with Crippen LogP contribution in [0, 0.1) is 11.3 Å². The summed E-state index contributed by atoms with van der Waals surface area (Å²) in [6, 6.07) is 0. The smallest absolute Gasteiger partial charge is 0.0660 e. The van der Waals surface area contributed by atoms with Crippen LogP contribution in [-0.4, -0.2) is 17.6 Å². The van der Waals surface area contributed by atoms with Crippen molar-refractivity contribution in [3.8, 4) is 0 Å². The zero-order valence-corrected chi connectivity index (χ0v) is 12.3. The van der Waals surface area contributed by atoms with Crippen molar-refractivity contribution in [2.45, 2.75) is 83.3 Å². The normalized spacial score (nSPS) is 46.6. The zero-order valence-electron chi connectivity index (χ0n) is 11.5. The van der Waals surface area contributed by atoms with E-state index < -0.39 is 0 Å². The van der Waals surface area contributed by atoms with E-state index in [1.807, 2.05) is 0 Å². The first kappa shape index (κ1) is 13.7. The van der Waals surface area contributed by atoms with Gasteiger partial charge in [0.2, 0.25) is 0 Å². The highest BCUT2D eigenvalue weighted by atomic mass is 35.5. The van der Waals surface area contributed by atoms with Crippen molar-refractivity contribution in [1.29, 1.82) is 0 Å².